The van der Waals surface area contributed by atoms with Gasteiger partial charge in [-0.05, 0) is 103 Å². The van der Waals surface area contributed by atoms with E-state index >= 15 is 8.78 Å². The van der Waals surface area contributed by atoms with Crippen molar-refractivity contribution in [1.29, 1.82) is 0 Å². The second-order valence-corrected chi connectivity index (χ2v) is 21.0. The summed E-state index contributed by atoms with van der Waals surface area (Å²) in [6.07, 6.45) is 7.73. The van der Waals surface area contributed by atoms with Crippen molar-refractivity contribution < 1.29 is 31.5 Å². The van der Waals surface area contributed by atoms with Crippen molar-refractivity contribution in [2.75, 3.05) is 104 Å². The molecule has 15 nitrogen and oxygen atoms in total. The summed E-state index contributed by atoms with van der Waals surface area (Å²) >= 11 is 3.56. The first-order valence-corrected chi connectivity index (χ1v) is 25.5. The Morgan fingerprint density at radius 2 is 1.58 bits per heavy atom. The molecule has 6 heterocycles. The number of rotatable bonds is 12. The van der Waals surface area contributed by atoms with E-state index in [4.69, 9.17) is 9.72 Å². The standard InChI is InChI=1S/C47H57BrF2N10O5S/c1-29-23-39(53-47-51-27-35(48)45(55-47)52-38-6-4-5-31-11-18-60(44(31)38)66(3,63)64)41(65-2)26-40(29)59-16-12-32(13-17-59)58-21-19-56(20-22-58)28-30-9-14-57(15-10-30)33-24-36(49)43(37(50)25-33)34-7-8-42(61)54-46(34)62/h4-6,23-27,30,32,34H,7-22,28H2,1-3H3,(H,54,61,62)(H2,51,52,53,55). The highest BCUT2D eigenvalue weighted by atomic mass is 79.9. The molecule has 66 heavy (non-hydrogen) atoms. The number of hydrogen-bond acceptors (Lipinski definition) is 13. The molecule has 3 aromatic carbocycles. The number of methoxy groups -OCH3 is 1. The van der Waals surface area contributed by atoms with Crippen LogP contribution in [0.4, 0.5) is 49.0 Å². The lowest BCUT2D eigenvalue weighted by Crippen LogP contribution is -2.54. The highest BCUT2D eigenvalue weighted by molar-refractivity contribution is 9.10. The average molecular weight is 992 g/mol. The van der Waals surface area contributed by atoms with E-state index in [1.54, 1.807) is 13.3 Å². The molecule has 5 aliphatic heterocycles. The third-order valence-corrected chi connectivity index (χ3v) is 15.7. The Morgan fingerprint density at radius 3 is 2.26 bits per heavy atom. The zero-order valence-corrected chi connectivity index (χ0v) is 40.0. The molecule has 0 radical (unpaired) electrons. The molecule has 4 fully saturated rings. The maximum Gasteiger partial charge on any atom is 0.234 e. The number of piperidine rings is 3. The van der Waals surface area contributed by atoms with Gasteiger partial charge in [0.1, 0.15) is 23.2 Å². The first kappa shape index (κ1) is 46.0. The molecule has 9 rings (SSSR count). The van der Waals surface area contributed by atoms with Crippen LogP contribution in [-0.4, -0.2) is 125 Å². The second-order valence-electron chi connectivity index (χ2n) is 18.2. The molecular weight excluding hydrogens is 935 g/mol. The predicted molar refractivity (Wildman–Crippen MR) is 256 cm³/mol. The zero-order valence-electron chi connectivity index (χ0n) is 37.6. The fourth-order valence-electron chi connectivity index (χ4n) is 10.5. The molecule has 4 saturated heterocycles. The quantitative estimate of drug-likeness (QED) is 0.130. The minimum atomic E-state index is -3.45. The minimum Gasteiger partial charge on any atom is -0.494 e. The number of piperazine rings is 1. The molecule has 0 aliphatic carbocycles. The van der Waals surface area contributed by atoms with Gasteiger partial charge in [-0.3, -0.25) is 24.1 Å². The molecular formula is C47H57BrF2N10O5S. The Labute approximate surface area is 393 Å². The lowest BCUT2D eigenvalue weighted by atomic mass is 9.89. The number of anilines is 7. The first-order valence-electron chi connectivity index (χ1n) is 22.9. The van der Waals surface area contributed by atoms with Gasteiger partial charge in [-0.15, -0.1) is 0 Å². The number of para-hydroxylation sites is 1. The summed E-state index contributed by atoms with van der Waals surface area (Å²) < 4.78 is 63.6. The van der Waals surface area contributed by atoms with Crippen molar-refractivity contribution in [2.45, 2.75) is 63.8 Å². The second kappa shape index (κ2) is 19.2. The van der Waals surface area contributed by atoms with Gasteiger partial charge in [0.15, 0.2) is 0 Å². The maximum atomic E-state index is 15.2. The summed E-state index contributed by atoms with van der Waals surface area (Å²) in [4.78, 5) is 42.8. The SMILES string of the molecule is COc1cc(N2CCC(N3CCN(CC4CCN(c5cc(F)c(C6CCC(=O)NC6=O)c(F)c5)CC4)CC3)CC2)c(C)cc1Nc1ncc(Br)c(Nc2cccc3c2N(S(C)(=O)=O)CC3)n1. The van der Waals surface area contributed by atoms with E-state index in [0.29, 0.717) is 64.0 Å². The molecule has 4 aromatic rings. The lowest BCUT2D eigenvalue weighted by molar-refractivity contribution is -0.134. The van der Waals surface area contributed by atoms with Crippen LogP contribution >= 0.6 is 15.9 Å². The first-order chi connectivity index (χ1) is 31.7. The number of carbonyl (C=O) groups is 2. The third kappa shape index (κ3) is 9.80. The van der Waals surface area contributed by atoms with E-state index in [1.165, 1.54) is 22.7 Å². The number of fused-ring (bicyclic) bond motifs is 1. The topological polar surface area (TPSA) is 156 Å². The Morgan fingerprint density at radius 1 is 0.864 bits per heavy atom. The number of aromatic nitrogens is 2. The Bertz CT molecular complexity index is 2580. The summed E-state index contributed by atoms with van der Waals surface area (Å²) in [7, 11) is -1.79. The highest BCUT2D eigenvalue weighted by Gasteiger charge is 2.35. The smallest absolute Gasteiger partial charge is 0.234 e. The summed E-state index contributed by atoms with van der Waals surface area (Å²) in [6.45, 7) is 11.0. The highest BCUT2D eigenvalue weighted by Crippen LogP contribution is 2.41. The number of aryl methyl sites for hydroxylation is 1. The van der Waals surface area contributed by atoms with E-state index in [2.05, 4.69) is 70.6 Å². The molecule has 19 heteroatoms. The van der Waals surface area contributed by atoms with Crippen LogP contribution in [0.5, 0.6) is 5.75 Å². The Hall–Kier alpha value is -5.11. The number of imide groups is 1. The molecule has 1 aromatic heterocycles. The largest absolute Gasteiger partial charge is 0.494 e. The van der Waals surface area contributed by atoms with Crippen LogP contribution in [0.15, 0.2) is 53.1 Å². The van der Waals surface area contributed by atoms with Gasteiger partial charge < -0.3 is 30.1 Å². The van der Waals surface area contributed by atoms with Crippen LogP contribution in [-0.2, 0) is 26.0 Å². The number of sulfonamides is 1. The number of amides is 2. The molecule has 352 valence electrons. The van der Waals surface area contributed by atoms with Crippen LogP contribution in [0.25, 0.3) is 0 Å². The summed E-state index contributed by atoms with van der Waals surface area (Å²) in [6, 6.07) is 13.1. The molecule has 1 atom stereocenters. The molecule has 0 spiro atoms. The number of halogens is 3. The van der Waals surface area contributed by atoms with Gasteiger partial charge in [-0.25, -0.2) is 22.2 Å². The summed E-state index contributed by atoms with van der Waals surface area (Å²) in [5.41, 5.74) is 5.46. The van der Waals surface area contributed by atoms with Crippen molar-refractivity contribution in [3.63, 3.8) is 0 Å². The van der Waals surface area contributed by atoms with Crippen molar-refractivity contribution in [2.24, 2.45) is 5.92 Å². The van der Waals surface area contributed by atoms with Gasteiger partial charge >= 0.3 is 0 Å². The summed E-state index contributed by atoms with van der Waals surface area (Å²) in [5.74, 6) is -1.49. The summed E-state index contributed by atoms with van der Waals surface area (Å²) in [5, 5.41) is 8.89. The third-order valence-electron chi connectivity index (χ3n) is 14.0. The van der Waals surface area contributed by atoms with Crippen LogP contribution in [0, 0.1) is 24.5 Å². The fraction of sp³-hybridized carbons (Fsp3) is 0.489. The van der Waals surface area contributed by atoms with E-state index in [0.717, 1.165) is 107 Å². The van der Waals surface area contributed by atoms with Gasteiger partial charge in [0.25, 0.3) is 0 Å². The molecule has 0 saturated carbocycles. The number of nitrogens with zero attached hydrogens (tertiary/aromatic N) is 7. The van der Waals surface area contributed by atoms with Gasteiger partial charge in [-0.2, -0.15) is 4.98 Å². The lowest BCUT2D eigenvalue weighted by Gasteiger charge is -2.44. The van der Waals surface area contributed by atoms with Gasteiger partial charge in [0, 0.05) is 107 Å². The molecule has 2 amide bonds. The maximum absolute atomic E-state index is 15.2. The zero-order chi connectivity index (χ0) is 46.3. The number of nitrogens with one attached hydrogen (secondary N) is 3. The number of benzene rings is 3. The molecule has 0 bridgehead atoms. The van der Waals surface area contributed by atoms with Crippen molar-refractivity contribution in [3.8, 4) is 5.75 Å². The van der Waals surface area contributed by atoms with Gasteiger partial charge in [0.2, 0.25) is 27.8 Å². The van der Waals surface area contributed by atoms with Crippen molar-refractivity contribution >= 4 is 78.0 Å². The molecule has 3 N–H and O–H groups in total. The number of ether oxygens (including phenoxy) is 1. The number of hydrogen-bond donors (Lipinski definition) is 3. The van der Waals surface area contributed by atoms with E-state index in [9.17, 15) is 18.0 Å². The predicted octanol–water partition coefficient (Wildman–Crippen LogP) is 6.67. The van der Waals surface area contributed by atoms with Gasteiger partial charge in [-0.1, -0.05) is 12.1 Å². The Balaban J connectivity index is 0.748. The van der Waals surface area contributed by atoms with Gasteiger partial charge in [0.05, 0.1) is 40.8 Å². The van der Waals surface area contributed by atoms with E-state index in [-0.39, 0.29) is 18.4 Å². The van der Waals surface area contributed by atoms with Crippen molar-refractivity contribution in [1.82, 2.24) is 25.1 Å². The Kier molecular flexibility index (Phi) is 13.4. The van der Waals surface area contributed by atoms with Crippen LogP contribution in [0.1, 0.15) is 61.1 Å². The minimum absolute atomic E-state index is 0.0662. The van der Waals surface area contributed by atoms with E-state index in [1.807, 2.05) is 23.1 Å². The van der Waals surface area contributed by atoms with Crippen LogP contribution < -0.4 is 34.8 Å². The molecule has 1 unspecified atom stereocenters. The monoisotopic (exact) mass is 990 g/mol. The normalized spacial score (nSPS) is 20.4. The van der Waals surface area contributed by atoms with Crippen molar-refractivity contribution in [3.05, 3.63) is 81.5 Å². The van der Waals surface area contributed by atoms with E-state index < -0.39 is 39.4 Å². The molecule has 5 aliphatic rings. The average Bonchev–Trinajstić information content (AvgIpc) is 3.75. The van der Waals surface area contributed by atoms with Crippen LogP contribution in [0.2, 0.25) is 0 Å². The number of carbonyl (C=O) groups excluding carboxylic acids is 2. The van der Waals surface area contributed by atoms with Crippen LogP contribution in [0.3, 0.4) is 0 Å². The fourth-order valence-corrected chi connectivity index (χ4v) is 11.7.